The van der Waals surface area contributed by atoms with Crippen molar-refractivity contribution in [2.45, 2.75) is 32.2 Å². The Kier molecular flexibility index (Phi) is 5.75. The van der Waals surface area contributed by atoms with Crippen LogP contribution in [0.1, 0.15) is 26.2 Å². The molecule has 1 aromatic rings. The second-order valence-corrected chi connectivity index (χ2v) is 6.73. The number of hydrogen-bond donors (Lipinski definition) is 1. The number of ether oxygens (including phenoxy) is 1. The minimum atomic E-state index is -0.446. The Bertz CT molecular complexity index is 664. The molecule has 7 nitrogen and oxygen atoms in total. The number of nitrogens with zero attached hydrogens (tertiary/aromatic N) is 2. The van der Waals surface area contributed by atoms with Gasteiger partial charge in [0.1, 0.15) is 0 Å². The summed E-state index contributed by atoms with van der Waals surface area (Å²) in [5.74, 6) is -0.357. The molecule has 0 aliphatic carbocycles. The number of alkyl carbamates (subject to hydrolysis) is 1. The summed E-state index contributed by atoms with van der Waals surface area (Å²) in [7, 11) is 0. The van der Waals surface area contributed by atoms with E-state index in [9.17, 15) is 14.4 Å². The Morgan fingerprint density at radius 1 is 1.23 bits per heavy atom. The molecule has 2 heterocycles. The fraction of sp³-hybridized carbons (Fsp3) is 0.526. The van der Waals surface area contributed by atoms with Crippen LogP contribution in [0.5, 0.6) is 0 Å². The first kappa shape index (κ1) is 18.2. The molecule has 0 saturated carbocycles. The van der Waals surface area contributed by atoms with Crippen LogP contribution in [0.4, 0.5) is 10.5 Å². The molecule has 2 aliphatic rings. The number of likely N-dealkylation sites (tertiary alicyclic amines) is 1. The number of rotatable bonds is 4. The van der Waals surface area contributed by atoms with Gasteiger partial charge in [0.05, 0.1) is 12.5 Å². The van der Waals surface area contributed by atoms with Gasteiger partial charge in [0.25, 0.3) is 0 Å². The van der Waals surface area contributed by atoms with Gasteiger partial charge in [-0.05, 0) is 31.9 Å². The largest absolute Gasteiger partial charge is 0.450 e. The molecule has 0 radical (unpaired) electrons. The predicted molar refractivity (Wildman–Crippen MR) is 96.7 cm³/mol. The van der Waals surface area contributed by atoms with Crippen LogP contribution < -0.4 is 10.2 Å². The van der Waals surface area contributed by atoms with Gasteiger partial charge in [-0.15, -0.1) is 0 Å². The monoisotopic (exact) mass is 359 g/mol. The van der Waals surface area contributed by atoms with Crippen molar-refractivity contribution in [3.05, 3.63) is 30.3 Å². The highest BCUT2D eigenvalue weighted by Gasteiger charge is 2.38. The molecule has 3 amide bonds. The zero-order valence-electron chi connectivity index (χ0n) is 15.0. The summed E-state index contributed by atoms with van der Waals surface area (Å²) in [5.41, 5.74) is 0.827. The first-order valence-electron chi connectivity index (χ1n) is 9.16. The standard InChI is InChI=1S/C19H25N3O4/c1-2-26-19(25)20-15-7-6-10-21(13-15)18(24)14-11-17(23)22(12-14)16-8-4-3-5-9-16/h3-5,8-9,14-15H,2,6-7,10-13H2,1H3,(H,20,25)/t14-,15+/m1/s1. The molecule has 1 aromatic carbocycles. The van der Waals surface area contributed by atoms with Crippen LogP contribution in [0.3, 0.4) is 0 Å². The van der Waals surface area contributed by atoms with Crippen molar-refractivity contribution in [3.63, 3.8) is 0 Å². The Hall–Kier alpha value is -2.57. The van der Waals surface area contributed by atoms with Crippen LogP contribution in [0.2, 0.25) is 0 Å². The molecule has 26 heavy (non-hydrogen) atoms. The summed E-state index contributed by atoms with van der Waals surface area (Å²) >= 11 is 0. The van der Waals surface area contributed by atoms with Crippen LogP contribution in [0, 0.1) is 5.92 Å². The van der Waals surface area contributed by atoms with Gasteiger partial charge in [-0.1, -0.05) is 18.2 Å². The first-order valence-corrected chi connectivity index (χ1v) is 9.16. The lowest BCUT2D eigenvalue weighted by Gasteiger charge is -2.34. The second-order valence-electron chi connectivity index (χ2n) is 6.73. The van der Waals surface area contributed by atoms with E-state index < -0.39 is 6.09 Å². The van der Waals surface area contributed by atoms with E-state index in [4.69, 9.17) is 4.74 Å². The highest BCUT2D eigenvalue weighted by molar-refractivity contribution is 6.00. The fourth-order valence-corrected chi connectivity index (χ4v) is 3.62. The summed E-state index contributed by atoms with van der Waals surface area (Å²) in [6.07, 6.45) is 1.44. The van der Waals surface area contributed by atoms with E-state index in [2.05, 4.69) is 5.32 Å². The van der Waals surface area contributed by atoms with Crippen molar-refractivity contribution in [2.24, 2.45) is 5.92 Å². The van der Waals surface area contributed by atoms with E-state index in [0.717, 1.165) is 18.5 Å². The maximum absolute atomic E-state index is 12.9. The molecule has 0 bridgehead atoms. The van der Waals surface area contributed by atoms with Crippen molar-refractivity contribution in [1.82, 2.24) is 10.2 Å². The average molecular weight is 359 g/mol. The zero-order valence-corrected chi connectivity index (χ0v) is 15.0. The number of piperidine rings is 1. The van der Waals surface area contributed by atoms with Crippen molar-refractivity contribution >= 4 is 23.6 Å². The number of nitrogens with one attached hydrogen (secondary N) is 1. The van der Waals surface area contributed by atoms with Crippen molar-refractivity contribution in [1.29, 1.82) is 0 Å². The smallest absolute Gasteiger partial charge is 0.407 e. The third-order valence-electron chi connectivity index (χ3n) is 4.87. The summed E-state index contributed by atoms with van der Waals surface area (Å²) in [6.45, 7) is 3.62. The van der Waals surface area contributed by atoms with Crippen molar-refractivity contribution in [3.8, 4) is 0 Å². The van der Waals surface area contributed by atoms with Gasteiger partial charge in [-0.25, -0.2) is 4.79 Å². The van der Waals surface area contributed by atoms with Crippen LogP contribution in [0.15, 0.2) is 30.3 Å². The van der Waals surface area contributed by atoms with E-state index in [-0.39, 0.29) is 30.2 Å². The van der Waals surface area contributed by atoms with Gasteiger partial charge in [0, 0.05) is 37.8 Å². The lowest BCUT2D eigenvalue weighted by Crippen LogP contribution is -2.51. The highest BCUT2D eigenvalue weighted by atomic mass is 16.5. The number of hydrogen-bond acceptors (Lipinski definition) is 4. The van der Waals surface area contributed by atoms with Crippen LogP contribution >= 0.6 is 0 Å². The molecular formula is C19H25N3O4. The first-order chi connectivity index (χ1) is 12.6. The van der Waals surface area contributed by atoms with E-state index in [1.165, 1.54) is 0 Å². The SMILES string of the molecule is CCOC(=O)N[C@H]1CCCN(C(=O)[C@@H]2CC(=O)N(c3ccccc3)C2)C1. The molecule has 7 heteroatoms. The minimum absolute atomic E-state index is 0.00728. The molecule has 2 saturated heterocycles. The van der Waals surface area contributed by atoms with E-state index in [0.29, 0.717) is 26.2 Å². The molecule has 2 aliphatic heterocycles. The van der Waals surface area contributed by atoms with E-state index in [1.807, 2.05) is 30.3 Å². The van der Waals surface area contributed by atoms with Crippen LogP contribution in [-0.2, 0) is 14.3 Å². The Balaban J connectivity index is 1.59. The maximum Gasteiger partial charge on any atom is 0.407 e. The molecular weight excluding hydrogens is 334 g/mol. The topological polar surface area (TPSA) is 79.0 Å². The number of benzene rings is 1. The van der Waals surface area contributed by atoms with E-state index >= 15 is 0 Å². The van der Waals surface area contributed by atoms with Crippen molar-refractivity contribution in [2.75, 3.05) is 31.1 Å². The number of amides is 3. The molecule has 2 atom stereocenters. The number of anilines is 1. The minimum Gasteiger partial charge on any atom is -0.450 e. The average Bonchev–Trinajstić information content (AvgIpc) is 3.04. The summed E-state index contributed by atoms with van der Waals surface area (Å²) in [6, 6.07) is 9.32. The Morgan fingerprint density at radius 3 is 2.73 bits per heavy atom. The molecule has 140 valence electrons. The molecule has 3 rings (SSSR count). The summed E-state index contributed by atoms with van der Waals surface area (Å²) in [5, 5.41) is 2.81. The highest BCUT2D eigenvalue weighted by Crippen LogP contribution is 2.27. The van der Waals surface area contributed by atoms with Gasteiger partial charge in [0.2, 0.25) is 11.8 Å². The molecule has 0 aromatic heterocycles. The molecule has 2 fully saturated rings. The number of para-hydroxylation sites is 1. The quantitative estimate of drug-likeness (QED) is 0.889. The second kappa shape index (κ2) is 8.21. The zero-order chi connectivity index (χ0) is 18.5. The molecule has 0 spiro atoms. The fourth-order valence-electron chi connectivity index (χ4n) is 3.62. The third-order valence-corrected chi connectivity index (χ3v) is 4.87. The summed E-state index contributed by atoms with van der Waals surface area (Å²) in [4.78, 5) is 40.3. The third kappa shape index (κ3) is 4.15. The number of carbonyl (C=O) groups is 3. The normalized spacial score (nSPS) is 23.0. The van der Waals surface area contributed by atoms with Gasteiger partial charge < -0.3 is 19.9 Å². The van der Waals surface area contributed by atoms with Gasteiger partial charge in [0.15, 0.2) is 0 Å². The van der Waals surface area contributed by atoms with Gasteiger partial charge >= 0.3 is 6.09 Å². The van der Waals surface area contributed by atoms with Gasteiger partial charge in [-0.2, -0.15) is 0 Å². The lowest BCUT2D eigenvalue weighted by molar-refractivity contribution is -0.137. The molecule has 0 unspecified atom stereocenters. The molecule has 1 N–H and O–H groups in total. The van der Waals surface area contributed by atoms with E-state index in [1.54, 1.807) is 16.7 Å². The lowest BCUT2D eigenvalue weighted by atomic mass is 10.0. The Labute approximate surface area is 153 Å². The Morgan fingerprint density at radius 2 is 2.00 bits per heavy atom. The van der Waals surface area contributed by atoms with Crippen LogP contribution in [0.25, 0.3) is 0 Å². The number of carbonyl (C=O) groups excluding carboxylic acids is 3. The van der Waals surface area contributed by atoms with Gasteiger partial charge in [-0.3, -0.25) is 9.59 Å². The summed E-state index contributed by atoms with van der Waals surface area (Å²) < 4.78 is 4.91. The van der Waals surface area contributed by atoms with Crippen LogP contribution in [-0.4, -0.2) is 55.1 Å². The predicted octanol–water partition coefficient (Wildman–Crippen LogP) is 1.78. The van der Waals surface area contributed by atoms with Crippen molar-refractivity contribution < 1.29 is 19.1 Å². The maximum atomic E-state index is 12.9.